The first-order valence-corrected chi connectivity index (χ1v) is 10.9. The van der Waals surface area contributed by atoms with Gasteiger partial charge in [0.05, 0.1) is 17.7 Å². The van der Waals surface area contributed by atoms with Gasteiger partial charge in [0.2, 0.25) is 0 Å². The molecule has 6 nitrogen and oxygen atoms in total. The molecule has 1 fully saturated rings. The third kappa shape index (κ3) is 4.34. The zero-order valence-corrected chi connectivity index (χ0v) is 19.2. The summed E-state index contributed by atoms with van der Waals surface area (Å²) in [4.78, 5) is 32.0. The molecule has 1 N–H and O–H groups in total. The van der Waals surface area contributed by atoms with Crippen molar-refractivity contribution >= 4 is 34.7 Å². The SMILES string of the molecule is Cc1cc(Cl)ccc1N1C(=O)C(=O)/C(=C(/O)c2cccc(OC(C)C)c2)C1c1cccnc1. The van der Waals surface area contributed by atoms with Crippen LogP contribution >= 0.6 is 11.6 Å². The van der Waals surface area contributed by atoms with Gasteiger partial charge in [0.25, 0.3) is 11.7 Å². The minimum atomic E-state index is -0.853. The third-order valence-corrected chi connectivity index (χ3v) is 5.58. The van der Waals surface area contributed by atoms with Gasteiger partial charge in [-0.1, -0.05) is 29.8 Å². The van der Waals surface area contributed by atoms with Crippen LogP contribution in [0.15, 0.2) is 72.6 Å². The number of hydrogen-bond acceptors (Lipinski definition) is 5. The number of aliphatic hydroxyl groups is 1. The summed E-state index contributed by atoms with van der Waals surface area (Å²) >= 11 is 6.11. The molecule has 7 heteroatoms. The number of ether oxygens (including phenoxy) is 1. The first kappa shape index (κ1) is 22.6. The van der Waals surface area contributed by atoms with Gasteiger partial charge < -0.3 is 9.84 Å². The molecule has 1 atom stereocenters. The molecule has 2 aromatic carbocycles. The molecule has 168 valence electrons. The Kier molecular flexibility index (Phi) is 6.20. The molecule has 4 rings (SSSR count). The van der Waals surface area contributed by atoms with Gasteiger partial charge >= 0.3 is 0 Å². The number of ketones is 1. The number of halogens is 1. The van der Waals surface area contributed by atoms with Crippen LogP contribution in [0.3, 0.4) is 0 Å². The fourth-order valence-corrected chi connectivity index (χ4v) is 4.19. The third-order valence-electron chi connectivity index (χ3n) is 5.34. The second kappa shape index (κ2) is 9.08. The summed E-state index contributed by atoms with van der Waals surface area (Å²) in [5.74, 6) is -1.23. The molecule has 1 aliphatic heterocycles. The van der Waals surface area contributed by atoms with Gasteiger partial charge in [0.1, 0.15) is 11.5 Å². The number of aliphatic hydroxyl groups excluding tert-OH is 1. The van der Waals surface area contributed by atoms with Crippen molar-refractivity contribution in [3.63, 3.8) is 0 Å². The second-order valence-electron chi connectivity index (χ2n) is 8.08. The lowest BCUT2D eigenvalue weighted by atomic mass is 9.96. The lowest BCUT2D eigenvalue weighted by molar-refractivity contribution is -0.132. The Labute approximate surface area is 197 Å². The molecule has 0 bridgehead atoms. The van der Waals surface area contributed by atoms with Crippen molar-refractivity contribution in [2.24, 2.45) is 0 Å². The minimum absolute atomic E-state index is 0.0101. The Hall–Kier alpha value is -3.64. The van der Waals surface area contributed by atoms with Crippen LogP contribution in [0.1, 0.15) is 36.6 Å². The molecule has 1 aromatic heterocycles. The predicted octanol–water partition coefficient (Wildman–Crippen LogP) is 5.46. The van der Waals surface area contributed by atoms with E-state index >= 15 is 0 Å². The van der Waals surface area contributed by atoms with Gasteiger partial charge in [-0.2, -0.15) is 0 Å². The average Bonchev–Trinajstić information content (AvgIpc) is 3.04. The van der Waals surface area contributed by atoms with Crippen molar-refractivity contribution in [2.75, 3.05) is 4.90 Å². The molecule has 33 heavy (non-hydrogen) atoms. The predicted molar refractivity (Wildman–Crippen MR) is 127 cm³/mol. The lowest BCUT2D eigenvalue weighted by Gasteiger charge is -2.26. The number of benzene rings is 2. The maximum absolute atomic E-state index is 13.2. The molecular weight excluding hydrogens is 440 g/mol. The molecule has 1 aliphatic rings. The van der Waals surface area contributed by atoms with Crippen molar-refractivity contribution in [2.45, 2.75) is 32.9 Å². The summed E-state index contributed by atoms with van der Waals surface area (Å²) < 4.78 is 5.73. The number of carbonyl (C=O) groups is 2. The highest BCUT2D eigenvalue weighted by molar-refractivity contribution is 6.51. The van der Waals surface area contributed by atoms with E-state index in [-0.39, 0.29) is 17.4 Å². The summed E-state index contributed by atoms with van der Waals surface area (Å²) in [5, 5.41) is 11.8. The second-order valence-corrected chi connectivity index (χ2v) is 8.52. The maximum atomic E-state index is 13.2. The fourth-order valence-electron chi connectivity index (χ4n) is 3.97. The van der Waals surface area contributed by atoms with Crippen LogP contribution in [-0.2, 0) is 9.59 Å². The highest BCUT2D eigenvalue weighted by Crippen LogP contribution is 2.43. The molecule has 0 radical (unpaired) electrons. The Balaban J connectivity index is 1.91. The molecule has 2 heterocycles. The zero-order chi connectivity index (χ0) is 23.7. The Bertz CT molecular complexity index is 1250. The van der Waals surface area contributed by atoms with Gasteiger partial charge in [-0.15, -0.1) is 0 Å². The van der Waals surface area contributed by atoms with Crippen molar-refractivity contribution in [1.29, 1.82) is 0 Å². The summed E-state index contributed by atoms with van der Waals surface area (Å²) in [6.07, 6.45) is 3.13. The first-order valence-electron chi connectivity index (χ1n) is 10.5. The summed E-state index contributed by atoms with van der Waals surface area (Å²) in [7, 11) is 0. The van der Waals surface area contributed by atoms with E-state index < -0.39 is 17.7 Å². The number of rotatable bonds is 5. The summed E-state index contributed by atoms with van der Waals surface area (Å²) in [5.41, 5.74) is 2.23. The van der Waals surface area contributed by atoms with Crippen molar-refractivity contribution < 1.29 is 19.4 Å². The molecular formula is C26H23ClN2O4. The zero-order valence-electron chi connectivity index (χ0n) is 18.4. The highest BCUT2D eigenvalue weighted by Gasteiger charge is 2.47. The smallest absolute Gasteiger partial charge is 0.300 e. The van der Waals surface area contributed by atoms with E-state index in [1.807, 2.05) is 20.8 Å². The number of pyridine rings is 1. The van der Waals surface area contributed by atoms with Crippen LogP contribution in [0.5, 0.6) is 5.75 Å². The summed E-state index contributed by atoms with van der Waals surface area (Å²) in [6.45, 7) is 5.61. The van der Waals surface area contributed by atoms with E-state index in [4.69, 9.17) is 16.3 Å². The molecule has 1 unspecified atom stereocenters. The molecule has 0 spiro atoms. The average molecular weight is 463 g/mol. The van der Waals surface area contributed by atoms with Gasteiger partial charge in [-0.25, -0.2) is 0 Å². The van der Waals surface area contributed by atoms with Crippen LogP contribution < -0.4 is 9.64 Å². The van der Waals surface area contributed by atoms with Gasteiger partial charge in [0, 0.05) is 28.7 Å². The number of aryl methyl sites for hydroxylation is 1. The van der Waals surface area contributed by atoms with Crippen molar-refractivity contribution in [3.05, 3.63) is 94.3 Å². The Morgan fingerprint density at radius 3 is 2.58 bits per heavy atom. The maximum Gasteiger partial charge on any atom is 0.300 e. The van der Waals surface area contributed by atoms with E-state index in [1.165, 1.54) is 4.90 Å². The minimum Gasteiger partial charge on any atom is -0.507 e. The van der Waals surface area contributed by atoms with Gasteiger partial charge in [-0.05, 0) is 68.3 Å². The fraction of sp³-hybridized carbons (Fsp3) is 0.192. The Morgan fingerprint density at radius 1 is 1.12 bits per heavy atom. The number of nitrogens with zero attached hydrogens (tertiary/aromatic N) is 2. The molecule has 3 aromatic rings. The number of Topliss-reactive ketones (excluding diaryl/α,β-unsaturated/α-hetero) is 1. The molecule has 0 saturated carbocycles. The highest BCUT2D eigenvalue weighted by atomic mass is 35.5. The van der Waals surface area contributed by atoms with E-state index in [2.05, 4.69) is 4.98 Å². The largest absolute Gasteiger partial charge is 0.507 e. The van der Waals surface area contributed by atoms with E-state index in [1.54, 1.807) is 67.0 Å². The van der Waals surface area contributed by atoms with Crippen LogP contribution in [-0.4, -0.2) is 27.9 Å². The number of anilines is 1. The van der Waals surface area contributed by atoms with Gasteiger partial charge in [0.15, 0.2) is 0 Å². The monoisotopic (exact) mass is 462 g/mol. The van der Waals surface area contributed by atoms with E-state index in [0.29, 0.717) is 27.6 Å². The van der Waals surface area contributed by atoms with E-state index in [0.717, 1.165) is 5.56 Å². The number of hydrogen-bond donors (Lipinski definition) is 1. The van der Waals surface area contributed by atoms with Crippen LogP contribution in [0.2, 0.25) is 5.02 Å². The number of carbonyl (C=O) groups excluding carboxylic acids is 2. The Morgan fingerprint density at radius 2 is 1.91 bits per heavy atom. The number of aromatic nitrogens is 1. The van der Waals surface area contributed by atoms with Crippen molar-refractivity contribution in [1.82, 2.24) is 4.98 Å². The van der Waals surface area contributed by atoms with E-state index in [9.17, 15) is 14.7 Å². The summed E-state index contributed by atoms with van der Waals surface area (Å²) in [6, 6.07) is 14.5. The first-order chi connectivity index (χ1) is 15.8. The lowest BCUT2D eigenvalue weighted by Crippen LogP contribution is -2.30. The molecule has 1 saturated heterocycles. The topological polar surface area (TPSA) is 79.7 Å². The normalized spacial score (nSPS) is 17.6. The van der Waals surface area contributed by atoms with Crippen LogP contribution in [0, 0.1) is 6.92 Å². The molecule has 0 aliphatic carbocycles. The van der Waals surface area contributed by atoms with Crippen LogP contribution in [0.25, 0.3) is 5.76 Å². The van der Waals surface area contributed by atoms with Gasteiger partial charge in [-0.3, -0.25) is 19.5 Å². The quantitative estimate of drug-likeness (QED) is 0.309. The van der Waals surface area contributed by atoms with Crippen LogP contribution in [0.4, 0.5) is 5.69 Å². The molecule has 1 amide bonds. The standard InChI is InChI=1S/C26H23ClN2O4/c1-15(2)33-20-8-4-6-17(13-20)24(30)22-23(18-7-5-11-28-14-18)29(26(32)25(22)31)21-10-9-19(27)12-16(21)3/h4-15,23,30H,1-3H3/b24-22+. The number of amides is 1. The van der Waals surface area contributed by atoms with Crippen molar-refractivity contribution in [3.8, 4) is 5.75 Å².